The van der Waals surface area contributed by atoms with Crippen molar-refractivity contribution in [3.63, 3.8) is 0 Å². The Morgan fingerprint density at radius 3 is 2.32 bits per heavy atom. The number of carbonyl (C=O) groups is 1. The molecule has 3 aromatic carbocycles. The first kappa shape index (κ1) is 23.2. The van der Waals surface area contributed by atoms with E-state index in [1.165, 1.54) is 29.1 Å². The van der Waals surface area contributed by atoms with Crippen molar-refractivity contribution >= 4 is 26.6 Å². The molecule has 0 radical (unpaired) electrons. The quantitative estimate of drug-likeness (QED) is 0.439. The Morgan fingerprint density at radius 2 is 1.68 bits per heavy atom. The van der Waals surface area contributed by atoms with Gasteiger partial charge in [0.05, 0.1) is 35.8 Å². The lowest BCUT2D eigenvalue weighted by Gasteiger charge is -2.09. The molecule has 0 aliphatic rings. The molecule has 0 fully saturated rings. The minimum absolute atomic E-state index is 0.213. The summed E-state index contributed by atoms with van der Waals surface area (Å²) in [7, 11) is -1.70. The van der Waals surface area contributed by atoms with E-state index >= 15 is 0 Å². The molecule has 174 valence electrons. The predicted octanol–water partition coefficient (Wildman–Crippen LogP) is 2.79. The molecule has 0 bridgehead atoms. The van der Waals surface area contributed by atoms with Crippen molar-refractivity contribution in [2.24, 2.45) is 0 Å². The van der Waals surface area contributed by atoms with Gasteiger partial charge in [-0.3, -0.25) is 14.2 Å². The minimum atomic E-state index is -3.29. The molecule has 0 saturated heterocycles. The molecular weight excluding hydrogens is 454 g/mol. The van der Waals surface area contributed by atoms with Crippen LogP contribution in [0.1, 0.15) is 21.5 Å². The van der Waals surface area contributed by atoms with Crippen LogP contribution in [0.3, 0.4) is 0 Å². The summed E-state index contributed by atoms with van der Waals surface area (Å²) in [6, 6.07) is 18.5. The molecule has 0 spiro atoms. The highest BCUT2D eigenvalue weighted by atomic mass is 32.2. The Hall–Kier alpha value is -3.98. The van der Waals surface area contributed by atoms with E-state index in [9.17, 15) is 18.0 Å². The molecule has 0 saturated carbocycles. The van der Waals surface area contributed by atoms with Crippen LogP contribution in [0.25, 0.3) is 10.9 Å². The Labute approximate surface area is 196 Å². The van der Waals surface area contributed by atoms with Crippen LogP contribution in [0, 0.1) is 0 Å². The molecule has 0 aliphatic heterocycles. The van der Waals surface area contributed by atoms with Crippen molar-refractivity contribution < 1.29 is 17.9 Å². The molecular formula is C25H23N3O5S. The first-order valence-corrected chi connectivity index (χ1v) is 12.3. The predicted molar refractivity (Wildman–Crippen MR) is 129 cm³/mol. The van der Waals surface area contributed by atoms with Crippen LogP contribution in [-0.4, -0.2) is 37.2 Å². The highest BCUT2D eigenvalue weighted by Gasteiger charge is 2.11. The van der Waals surface area contributed by atoms with Gasteiger partial charge in [-0.1, -0.05) is 24.3 Å². The van der Waals surface area contributed by atoms with Gasteiger partial charge < -0.3 is 10.1 Å². The van der Waals surface area contributed by atoms with Gasteiger partial charge in [-0.15, -0.1) is 0 Å². The van der Waals surface area contributed by atoms with E-state index in [1.807, 2.05) is 24.3 Å². The third-order valence-electron chi connectivity index (χ3n) is 5.40. The van der Waals surface area contributed by atoms with Crippen LogP contribution in [-0.2, 0) is 22.9 Å². The second kappa shape index (κ2) is 9.48. The lowest BCUT2D eigenvalue weighted by molar-refractivity contribution is 0.0951. The van der Waals surface area contributed by atoms with Crippen molar-refractivity contribution in [1.82, 2.24) is 14.9 Å². The number of aromatic nitrogens is 2. The molecule has 8 nitrogen and oxygen atoms in total. The second-order valence-corrected chi connectivity index (χ2v) is 9.87. The number of ether oxygens (including phenoxy) is 1. The van der Waals surface area contributed by atoms with Gasteiger partial charge in [0.15, 0.2) is 9.84 Å². The third kappa shape index (κ3) is 5.15. The smallest absolute Gasteiger partial charge is 0.261 e. The molecule has 0 aliphatic carbocycles. The topological polar surface area (TPSA) is 107 Å². The average Bonchev–Trinajstić information content (AvgIpc) is 2.84. The molecule has 1 N–H and O–H groups in total. The molecule has 0 atom stereocenters. The number of carbonyl (C=O) groups excluding carboxylic acids is 1. The largest absolute Gasteiger partial charge is 0.497 e. The normalized spacial score (nSPS) is 11.4. The SMILES string of the molecule is COc1ccc(CNC(=O)c2ccc3ncn(Cc4ccc(S(C)(=O)=O)cc4)c(=O)c3c2)cc1. The van der Waals surface area contributed by atoms with E-state index in [-0.39, 0.29) is 22.9 Å². The summed E-state index contributed by atoms with van der Waals surface area (Å²) in [5.74, 6) is 0.434. The Bertz CT molecular complexity index is 1510. The fraction of sp³-hybridized carbons (Fsp3) is 0.160. The number of fused-ring (bicyclic) bond motifs is 1. The summed E-state index contributed by atoms with van der Waals surface area (Å²) < 4.78 is 29.8. The molecule has 9 heteroatoms. The molecule has 0 unspecified atom stereocenters. The van der Waals surface area contributed by atoms with Gasteiger partial charge in [-0.25, -0.2) is 13.4 Å². The van der Waals surface area contributed by atoms with Gasteiger partial charge in [-0.05, 0) is 53.6 Å². The van der Waals surface area contributed by atoms with E-state index in [0.29, 0.717) is 23.0 Å². The van der Waals surface area contributed by atoms with Gasteiger partial charge in [0.2, 0.25) is 0 Å². The summed E-state index contributed by atoms with van der Waals surface area (Å²) in [6.45, 7) is 0.557. The monoisotopic (exact) mass is 477 g/mol. The number of rotatable bonds is 7. The fourth-order valence-corrected chi connectivity index (χ4v) is 4.11. The fourth-order valence-electron chi connectivity index (χ4n) is 3.48. The zero-order valence-corrected chi connectivity index (χ0v) is 19.5. The van der Waals surface area contributed by atoms with Gasteiger partial charge >= 0.3 is 0 Å². The summed E-state index contributed by atoms with van der Waals surface area (Å²) in [5, 5.41) is 3.18. The number of methoxy groups -OCH3 is 1. The van der Waals surface area contributed by atoms with Crippen LogP contribution >= 0.6 is 0 Å². The number of nitrogens with one attached hydrogen (secondary N) is 1. The summed E-state index contributed by atoms with van der Waals surface area (Å²) in [5.41, 5.74) is 2.22. The second-order valence-electron chi connectivity index (χ2n) is 7.86. The maximum atomic E-state index is 13.1. The van der Waals surface area contributed by atoms with Crippen molar-refractivity contribution in [3.05, 3.63) is 100 Å². The standard InChI is InChI=1S/C25H23N3O5S/c1-33-20-8-3-17(4-9-20)14-26-24(29)19-7-12-23-22(13-19)25(30)28(16-27-23)15-18-5-10-21(11-6-18)34(2,31)32/h3-13,16H,14-15H2,1-2H3,(H,26,29). The van der Waals surface area contributed by atoms with Gasteiger partial charge in [-0.2, -0.15) is 0 Å². The lowest BCUT2D eigenvalue weighted by Crippen LogP contribution is -2.24. The Kier molecular flexibility index (Phi) is 6.47. The highest BCUT2D eigenvalue weighted by Crippen LogP contribution is 2.14. The molecule has 4 rings (SSSR count). The Balaban J connectivity index is 1.53. The summed E-state index contributed by atoms with van der Waals surface area (Å²) >= 11 is 0. The maximum Gasteiger partial charge on any atom is 0.261 e. The average molecular weight is 478 g/mol. The minimum Gasteiger partial charge on any atom is -0.497 e. The first-order chi connectivity index (χ1) is 16.2. The molecule has 34 heavy (non-hydrogen) atoms. The van der Waals surface area contributed by atoms with Crippen molar-refractivity contribution in [2.45, 2.75) is 18.0 Å². The Morgan fingerprint density at radius 1 is 1.00 bits per heavy atom. The van der Waals surface area contributed by atoms with Crippen molar-refractivity contribution in [3.8, 4) is 5.75 Å². The van der Waals surface area contributed by atoms with Crippen LogP contribution in [0.4, 0.5) is 0 Å². The number of benzene rings is 3. The molecule has 1 amide bonds. The van der Waals surface area contributed by atoms with Gasteiger partial charge in [0.25, 0.3) is 11.5 Å². The third-order valence-corrected chi connectivity index (χ3v) is 6.53. The zero-order chi connectivity index (χ0) is 24.3. The molecule has 1 aromatic heterocycles. The number of hydrogen-bond acceptors (Lipinski definition) is 6. The van der Waals surface area contributed by atoms with Crippen LogP contribution in [0.2, 0.25) is 0 Å². The van der Waals surface area contributed by atoms with E-state index in [0.717, 1.165) is 23.1 Å². The highest BCUT2D eigenvalue weighted by molar-refractivity contribution is 7.90. The van der Waals surface area contributed by atoms with E-state index in [2.05, 4.69) is 10.3 Å². The summed E-state index contributed by atoms with van der Waals surface area (Å²) in [6.07, 6.45) is 2.59. The molecule has 1 heterocycles. The van der Waals surface area contributed by atoms with E-state index < -0.39 is 9.84 Å². The van der Waals surface area contributed by atoms with Crippen molar-refractivity contribution in [2.75, 3.05) is 13.4 Å². The van der Waals surface area contributed by atoms with Gasteiger partial charge in [0.1, 0.15) is 5.75 Å². The van der Waals surface area contributed by atoms with E-state index in [4.69, 9.17) is 4.74 Å². The van der Waals surface area contributed by atoms with Crippen molar-refractivity contribution in [1.29, 1.82) is 0 Å². The number of hydrogen-bond donors (Lipinski definition) is 1. The van der Waals surface area contributed by atoms with Crippen LogP contribution in [0.5, 0.6) is 5.75 Å². The first-order valence-electron chi connectivity index (χ1n) is 10.4. The zero-order valence-electron chi connectivity index (χ0n) is 18.7. The van der Waals surface area contributed by atoms with E-state index in [1.54, 1.807) is 31.4 Å². The van der Waals surface area contributed by atoms with Crippen LogP contribution in [0.15, 0.2) is 82.7 Å². The summed E-state index contributed by atoms with van der Waals surface area (Å²) in [4.78, 5) is 30.3. The maximum absolute atomic E-state index is 13.1. The number of nitrogens with zero attached hydrogens (tertiary/aromatic N) is 2. The molecule has 4 aromatic rings. The lowest BCUT2D eigenvalue weighted by atomic mass is 10.1. The van der Waals surface area contributed by atoms with Crippen LogP contribution < -0.4 is 15.6 Å². The number of sulfone groups is 1. The van der Waals surface area contributed by atoms with Gasteiger partial charge in [0, 0.05) is 18.4 Å². The number of amides is 1.